The summed E-state index contributed by atoms with van der Waals surface area (Å²) in [6.45, 7) is 4.71. The Morgan fingerprint density at radius 1 is 0.926 bits per heavy atom. The van der Waals surface area contributed by atoms with Gasteiger partial charge in [0.2, 0.25) is 0 Å². The molecule has 152 valence electrons. The molecule has 1 aromatic rings. The Kier molecular flexibility index (Phi) is 13.0. The van der Waals surface area contributed by atoms with Gasteiger partial charge < -0.3 is 23.7 Å². The molecule has 0 saturated carbocycles. The normalized spacial score (nSPS) is 10.7. The van der Waals surface area contributed by atoms with Crippen molar-refractivity contribution in [3.05, 3.63) is 34.5 Å². The summed E-state index contributed by atoms with van der Waals surface area (Å²) >= 11 is 0. The Balaban J connectivity index is 1.89. The lowest BCUT2D eigenvalue weighted by atomic mass is 10.2. The smallest absolute Gasteiger partial charge is 0.313 e. The van der Waals surface area contributed by atoms with Crippen LogP contribution in [0.1, 0.15) is 12.0 Å². The maximum Gasteiger partial charge on any atom is 0.313 e. The van der Waals surface area contributed by atoms with E-state index in [2.05, 4.69) is 5.18 Å². The highest BCUT2D eigenvalue weighted by atomic mass is 19.1. The lowest BCUT2D eigenvalue weighted by Gasteiger charge is -2.08. The van der Waals surface area contributed by atoms with Crippen molar-refractivity contribution in [3.63, 3.8) is 0 Å². The summed E-state index contributed by atoms with van der Waals surface area (Å²) in [5.74, 6) is -1.21. The average Bonchev–Trinajstić information content (AvgIpc) is 2.64. The number of nitroso groups, excluding NO2 is 1. The summed E-state index contributed by atoms with van der Waals surface area (Å²) in [5.41, 5.74) is 0.751. The number of halogens is 1. The van der Waals surface area contributed by atoms with Gasteiger partial charge in [-0.1, -0.05) is 11.2 Å². The highest BCUT2D eigenvalue weighted by molar-refractivity contribution is 5.72. The molecule has 0 unspecified atom stereocenters. The van der Waals surface area contributed by atoms with Crippen LogP contribution >= 0.6 is 0 Å². The van der Waals surface area contributed by atoms with Crippen LogP contribution in [0.4, 0.5) is 4.39 Å². The van der Waals surface area contributed by atoms with Crippen LogP contribution in [0.5, 0.6) is 5.75 Å². The molecule has 0 N–H and O–H groups in total. The Bertz CT molecular complexity index is 557. The third kappa shape index (κ3) is 12.1. The van der Waals surface area contributed by atoms with Crippen molar-refractivity contribution in [2.45, 2.75) is 13.3 Å². The first kappa shape index (κ1) is 23.1. The Morgan fingerprint density at radius 3 is 2.04 bits per heavy atom. The zero-order chi connectivity index (χ0) is 19.7. The van der Waals surface area contributed by atoms with Crippen molar-refractivity contribution in [2.75, 3.05) is 59.4 Å². The van der Waals surface area contributed by atoms with Crippen LogP contribution in [0.2, 0.25) is 0 Å². The van der Waals surface area contributed by atoms with Crippen molar-refractivity contribution in [1.82, 2.24) is 0 Å². The predicted molar refractivity (Wildman–Crippen MR) is 95.3 cm³/mol. The van der Waals surface area contributed by atoms with E-state index >= 15 is 0 Å². The number of rotatable bonds is 16. The van der Waals surface area contributed by atoms with E-state index in [1.165, 1.54) is 12.1 Å². The third-order valence-electron chi connectivity index (χ3n) is 3.20. The molecule has 1 aromatic carbocycles. The van der Waals surface area contributed by atoms with E-state index in [4.69, 9.17) is 23.7 Å². The molecule has 0 fully saturated rings. The van der Waals surface area contributed by atoms with Crippen LogP contribution in [-0.4, -0.2) is 65.4 Å². The fraction of sp³-hybridized carbons (Fsp3) is 0.611. The number of carbonyl (C=O) groups excluding carboxylic acids is 1. The van der Waals surface area contributed by atoms with E-state index in [1.54, 1.807) is 13.0 Å². The lowest BCUT2D eigenvalue weighted by molar-refractivity contribution is -0.135. The zero-order valence-electron chi connectivity index (χ0n) is 15.5. The molecule has 27 heavy (non-hydrogen) atoms. The van der Waals surface area contributed by atoms with Gasteiger partial charge in [0.25, 0.3) is 0 Å². The number of nitrogens with zero attached hydrogens (tertiary/aromatic N) is 1. The molecule has 0 atom stereocenters. The van der Waals surface area contributed by atoms with Gasteiger partial charge in [0.1, 0.15) is 6.54 Å². The average molecular weight is 387 g/mol. The molecular formula is C18H26FNO7. The number of hydrogen-bond acceptors (Lipinski definition) is 8. The molecule has 0 aliphatic heterocycles. The summed E-state index contributed by atoms with van der Waals surface area (Å²) in [6.07, 6.45) is 0.0239. The number of hydrogen-bond donors (Lipinski definition) is 0. The van der Waals surface area contributed by atoms with E-state index in [1.807, 2.05) is 0 Å². The number of ether oxygens (including phenoxy) is 5. The fourth-order valence-electron chi connectivity index (χ4n) is 1.88. The number of aryl methyl sites for hydroxylation is 1. The zero-order valence-corrected chi connectivity index (χ0v) is 15.5. The summed E-state index contributed by atoms with van der Waals surface area (Å²) in [5, 5.41) is 2.67. The second kappa shape index (κ2) is 15.2. The van der Waals surface area contributed by atoms with Crippen molar-refractivity contribution < 1.29 is 32.9 Å². The Labute approximate surface area is 157 Å². The van der Waals surface area contributed by atoms with Crippen LogP contribution in [0.3, 0.4) is 0 Å². The SMILES string of the molecule is Cc1ccc(OC(=O)CCOCCOCCOCCOCCN=O)c(F)c1. The van der Waals surface area contributed by atoms with Gasteiger partial charge in [0.05, 0.1) is 59.3 Å². The minimum absolute atomic E-state index is 0.0239. The first-order chi connectivity index (χ1) is 13.1. The minimum Gasteiger partial charge on any atom is -0.423 e. The van der Waals surface area contributed by atoms with E-state index in [0.717, 1.165) is 5.56 Å². The fourth-order valence-corrected chi connectivity index (χ4v) is 1.88. The van der Waals surface area contributed by atoms with Gasteiger partial charge in [-0.3, -0.25) is 4.79 Å². The molecule has 8 nitrogen and oxygen atoms in total. The van der Waals surface area contributed by atoms with Crippen LogP contribution < -0.4 is 4.74 Å². The molecule has 0 aromatic heterocycles. The Hall–Kier alpha value is -1.94. The van der Waals surface area contributed by atoms with Gasteiger partial charge >= 0.3 is 5.97 Å². The van der Waals surface area contributed by atoms with Crippen molar-refractivity contribution in [2.24, 2.45) is 5.18 Å². The quantitative estimate of drug-likeness (QED) is 0.186. The number of benzene rings is 1. The van der Waals surface area contributed by atoms with Crippen LogP contribution in [-0.2, 0) is 23.7 Å². The van der Waals surface area contributed by atoms with E-state index in [9.17, 15) is 14.1 Å². The van der Waals surface area contributed by atoms with Gasteiger partial charge in [0.15, 0.2) is 11.6 Å². The van der Waals surface area contributed by atoms with Crippen LogP contribution in [0.25, 0.3) is 0 Å². The minimum atomic E-state index is -0.565. The topological polar surface area (TPSA) is 92.7 Å². The van der Waals surface area contributed by atoms with Crippen molar-refractivity contribution in [1.29, 1.82) is 0 Å². The third-order valence-corrected chi connectivity index (χ3v) is 3.20. The summed E-state index contributed by atoms with van der Waals surface area (Å²) < 4.78 is 39.4. The van der Waals surface area contributed by atoms with Crippen molar-refractivity contribution >= 4 is 5.97 Å². The molecule has 0 amide bonds. The monoisotopic (exact) mass is 387 g/mol. The molecule has 0 bridgehead atoms. The van der Waals surface area contributed by atoms with Crippen LogP contribution in [0, 0.1) is 17.6 Å². The van der Waals surface area contributed by atoms with Gasteiger partial charge in [-0.2, -0.15) is 4.91 Å². The molecule has 0 radical (unpaired) electrons. The van der Waals surface area contributed by atoms with Crippen molar-refractivity contribution in [3.8, 4) is 5.75 Å². The van der Waals surface area contributed by atoms with Gasteiger partial charge in [-0.25, -0.2) is 4.39 Å². The van der Waals surface area contributed by atoms with E-state index < -0.39 is 11.8 Å². The molecule has 0 saturated heterocycles. The van der Waals surface area contributed by atoms with Gasteiger partial charge in [0, 0.05) is 0 Å². The molecule has 0 aliphatic carbocycles. The molecule has 0 spiro atoms. The standard InChI is InChI=1S/C18H26FNO7/c1-15-2-3-17(16(19)14-15)27-18(21)4-6-23-8-10-25-12-13-26-11-9-24-7-5-20-22/h2-3,14H,4-13H2,1H3. The van der Waals surface area contributed by atoms with Gasteiger partial charge in [-0.15, -0.1) is 0 Å². The Morgan fingerprint density at radius 2 is 1.48 bits per heavy atom. The van der Waals surface area contributed by atoms with E-state index in [0.29, 0.717) is 46.2 Å². The number of carbonyl (C=O) groups is 1. The molecule has 9 heteroatoms. The number of esters is 1. The summed E-state index contributed by atoms with van der Waals surface area (Å²) in [6, 6.07) is 4.40. The second-order valence-electron chi connectivity index (χ2n) is 5.46. The first-order valence-corrected chi connectivity index (χ1v) is 8.70. The molecule has 1 rings (SSSR count). The molecule has 0 aliphatic rings. The predicted octanol–water partition coefficient (Wildman–Crippen LogP) is 2.26. The van der Waals surface area contributed by atoms with E-state index in [-0.39, 0.29) is 25.3 Å². The summed E-state index contributed by atoms with van der Waals surface area (Å²) in [4.78, 5) is 21.4. The van der Waals surface area contributed by atoms with Gasteiger partial charge in [-0.05, 0) is 24.6 Å². The molecular weight excluding hydrogens is 361 g/mol. The highest BCUT2D eigenvalue weighted by Crippen LogP contribution is 2.18. The largest absolute Gasteiger partial charge is 0.423 e. The first-order valence-electron chi connectivity index (χ1n) is 8.70. The van der Waals surface area contributed by atoms with Crippen LogP contribution in [0.15, 0.2) is 23.4 Å². The second-order valence-corrected chi connectivity index (χ2v) is 5.46. The highest BCUT2D eigenvalue weighted by Gasteiger charge is 2.09. The lowest BCUT2D eigenvalue weighted by Crippen LogP contribution is -2.15. The maximum atomic E-state index is 13.6. The molecule has 0 heterocycles. The summed E-state index contributed by atoms with van der Waals surface area (Å²) in [7, 11) is 0. The maximum absolute atomic E-state index is 13.6.